The number of hydrogen-bond acceptors (Lipinski definition) is 3. The van der Waals surface area contributed by atoms with E-state index in [-0.39, 0.29) is 18.1 Å². The molecule has 0 saturated carbocycles. The van der Waals surface area contributed by atoms with Crippen molar-refractivity contribution < 1.29 is 19.8 Å². The third-order valence-electron chi connectivity index (χ3n) is 3.47. The number of hydrogen-bond donors (Lipinski definition) is 3. The number of phenols is 1. The highest BCUT2D eigenvalue weighted by atomic mass is 16.4. The lowest BCUT2D eigenvalue weighted by Gasteiger charge is -2.08. The van der Waals surface area contributed by atoms with E-state index < -0.39 is 5.97 Å². The zero-order chi connectivity index (χ0) is 16.4. The molecule has 0 spiro atoms. The van der Waals surface area contributed by atoms with Crippen molar-refractivity contribution in [3.05, 3.63) is 23.8 Å². The summed E-state index contributed by atoms with van der Waals surface area (Å²) in [6, 6.07) is 5.10. The van der Waals surface area contributed by atoms with Gasteiger partial charge in [-0.25, -0.2) is 0 Å². The van der Waals surface area contributed by atoms with Crippen molar-refractivity contribution in [2.75, 3.05) is 5.32 Å². The summed E-state index contributed by atoms with van der Waals surface area (Å²) in [6.07, 6.45) is 6.11. The van der Waals surface area contributed by atoms with Crippen LogP contribution in [0.15, 0.2) is 18.2 Å². The van der Waals surface area contributed by atoms with Gasteiger partial charge in [0.1, 0.15) is 5.75 Å². The summed E-state index contributed by atoms with van der Waals surface area (Å²) >= 11 is 0. The van der Waals surface area contributed by atoms with Gasteiger partial charge in [0.2, 0.25) is 5.91 Å². The number of aryl methyl sites for hydroxylation is 1. The van der Waals surface area contributed by atoms with Crippen LogP contribution in [0.2, 0.25) is 0 Å². The van der Waals surface area contributed by atoms with Gasteiger partial charge in [0.25, 0.3) is 0 Å². The molecule has 5 nitrogen and oxygen atoms in total. The molecule has 0 aromatic heterocycles. The van der Waals surface area contributed by atoms with E-state index in [0.29, 0.717) is 12.1 Å². The molecule has 0 atom stereocenters. The number of rotatable bonds is 10. The Morgan fingerprint density at radius 1 is 1.00 bits per heavy atom. The number of aromatic hydroxyl groups is 1. The minimum atomic E-state index is -0.740. The molecule has 22 heavy (non-hydrogen) atoms. The summed E-state index contributed by atoms with van der Waals surface area (Å²) in [5.41, 5.74) is 1.44. The Morgan fingerprint density at radius 3 is 2.23 bits per heavy atom. The van der Waals surface area contributed by atoms with Gasteiger partial charge in [0.15, 0.2) is 0 Å². The quantitative estimate of drug-likeness (QED) is 0.452. The monoisotopic (exact) mass is 307 g/mol. The van der Waals surface area contributed by atoms with Crippen LogP contribution < -0.4 is 5.32 Å². The molecule has 122 valence electrons. The number of unbranched alkanes of at least 4 members (excludes halogenated alkanes) is 5. The molecule has 5 heteroatoms. The fourth-order valence-corrected chi connectivity index (χ4v) is 2.23. The summed E-state index contributed by atoms with van der Waals surface area (Å²) in [6.45, 7) is 1.90. The van der Waals surface area contributed by atoms with Crippen LogP contribution >= 0.6 is 0 Å². The van der Waals surface area contributed by atoms with Crippen molar-refractivity contribution in [1.82, 2.24) is 0 Å². The summed E-state index contributed by atoms with van der Waals surface area (Å²) in [5, 5.41) is 20.9. The van der Waals surface area contributed by atoms with Crippen molar-refractivity contribution in [2.45, 2.75) is 58.3 Å². The second-order valence-electron chi connectivity index (χ2n) is 5.58. The minimum Gasteiger partial charge on any atom is -0.506 e. The SMILES string of the molecule is Cc1ccc(O)c(NC(=O)CCCCCCCCC(=O)O)c1. The fourth-order valence-electron chi connectivity index (χ4n) is 2.23. The number of carboxylic acid groups (broad SMARTS) is 1. The van der Waals surface area contributed by atoms with E-state index in [1.54, 1.807) is 18.2 Å². The van der Waals surface area contributed by atoms with Gasteiger partial charge in [-0.15, -0.1) is 0 Å². The Balaban J connectivity index is 2.11. The van der Waals surface area contributed by atoms with Crippen LogP contribution in [-0.2, 0) is 9.59 Å². The first-order valence-corrected chi connectivity index (χ1v) is 7.80. The number of carboxylic acids is 1. The lowest BCUT2D eigenvalue weighted by Crippen LogP contribution is -2.11. The number of carbonyl (C=O) groups excluding carboxylic acids is 1. The maximum absolute atomic E-state index is 11.8. The molecule has 1 aromatic rings. The number of carbonyl (C=O) groups is 2. The Labute approximate surface area is 131 Å². The van der Waals surface area contributed by atoms with E-state index in [2.05, 4.69) is 5.32 Å². The molecule has 0 aliphatic carbocycles. The Morgan fingerprint density at radius 2 is 1.59 bits per heavy atom. The van der Waals surface area contributed by atoms with Crippen LogP contribution in [0.25, 0.3) is 0 Å². The highest BCUT2D eigenvalue weighted by Gasteiger charge is 2.06. The lowest BCUT2D eigenvalue weighted by atomic mass is 10.1. The molecular weight excluding hydrogens is 282 g/mol. The number of amides is 1. The van der Waals surface area contributed by atoms with E-state index in [1.807, 2.05) is 6.92 Å². The molecule has 1 amide bonds. The molecule has 0 aliphatic heterocycles. The molecule has 0 aliphatic rings. The van der Waals surface area contributed by atoms with Gasteiger partial charge in [-0.05, 0) is 37.5 Å². The standard InChI is InChI=1S/C17H25NO4/c1-13-10-11-15(19)14(12-13)18-16(20)8-6-4-2-3-5-7-9-17(21)22/h10-12,19H,2-9H2,1H3,(H,18,20)(H,21,22). The predicted octanol–water partition coefficient (Wildman–Crippen LogP) is 3.84. The molecule has 0 unspecified atom stereocenters. The Hall–Kier alpha value is -2.04. The highest BCUT2D eigenvalue weighted by Crippen LogP contribution is 2.24. The van der Waals surface area contributed by atoms with E-state index in [4.69, 9.17) is 5.11 Å². The van der Waals surface area contributed by atoms with Crippen LogP contribution in [0, 0.1) is 6.92 Å². The normalized spacial score (nSPS) is 10.4. The van der Waals surface area contributed by atoms with E-state index in [0.717, 1.165) is 44.1 Å². The molecule has 1 rings (SSSR count). The van der Waals surface area contributed by atoms with Gasteiger partial charge < -0.3 is 15.5 Å². The zero-order valence-electron chi connectivity index (χ0n) is 13.1. The highest BCUT2D eigenvalue weighted by molar-refractivity contribution is 5.92. The van der Waals surface area contributed by atoms with Gasteiger partial charge in [0, 0.05) is 12.8 Å². The van der Waals surface area contributed by atoms with Crippen LogP contribution in [-0.4, -0.2) is 22.1 Å². The van der Waals surface area contributed by atoms with E-state index >= 15 is 0 Å². The summed E-state index contributed by atoms with van der Waals surface area (Å²) in [5.74, 6) is -0.750. The van der Waals surface area contributed by atoms with Crippen molar-refractivity contribution in [1.29, 1.82) is 0 Å². The second kappa shape index (κ2) is 9.82. The number of phenolic OH excluding ortho intramolecular Hbond substituents is 1. The number of aliphatic carboxylic acids is 1. The minimum absolute atomic E-state index is 0.0809. The molecule has 0 radical (unpaired) electrons. The average molecular weight is 307 g/mol. The van der Waals surface area contributed by atoms with Crippen molar-refractivity contribution in [3.8, 4) is 5.75 Å². The van der Waals surface area contributed by atoms with Gasteiger partial charge in [-0.2, -0.15) is 0 Å². The van der Waals surface area contributed by atoms with Crippen molar-refractivity contribution in [3.63, 3.8) is 0 Å². The number of anilines is 1. The second-order valence-corrected chi connectivity index (χ2v) is 5.58. The molecule has 0 heterocycles. The molecular formula is C17H25NO4. The summed E-state index contributed by atoms with van der Waals surface area (Å²) < 4.78 is 0. The number of nitrogens with one attached hydrogen (secondary N) is 1. The predicted molar refractivity (Wildman–Crippen MR) is 86.0 cm³/mol. The molecule has 0 fully saturated rings. The first kappa shape index (κ1) is 18.0. The number of benzene rings is 1. The van der Waals surface area contributed by atoms with Gasteiger partial charge >= 0.3 is 5.97 Å². The van der Waals surface area contributed by atoms with Gasteiger partial charge in [-0.1, -0.05) is 31.7 Å². The summed E-state index contributed by atoms with van der Waals surface area (Å²) in [7, 11) is 0. The lowest BCUT2D eigenvalue weighted by molar-refractivity contribution is -0.137. The van der Waals surface area contributed by atoms with Crippen molar-refractivity contribution >= 4 is 17.6 Å². The fraction of sp³-hybridized carbons (Fsp3) is 0.529. The summed E-state index contributed by atoms with van der Waals surface area (Å²) in [4.78, 5) is 22.1. The Bertz CT molecular complexity index is 499. The van der Waals surface area contributed by atoms with Gasteiger partial charge in [0.05, 0.1) is 5.69 Å². The zero-order valence-corrected chi connectivity index (χ0v) is 13.1. The van der Waals surface area contributed by atoms with Crippen LogP contribution in [0.4, 0.5) is 5.69 Å². The maximum atomic E-state index is 11.8. The third kappa shape index (κ3) is 7.67. The largest absolute Gasteiger partial charge is 0.506 e. The first-order valence-electron chi connectivity index (χ1n) is 7.80. The van der Waals surface area contributed by atoms with Crippen LogP contribution in [0.3, 0.4) is 0 Å². The van der Waals surface area contributed by atoms with E-state index in [9.17, 15) is 14.7 Å². The molecule has 0 bridgehead atoms. The maximum Gasteiger partial charge on any atom is 0.303 e. The molecule has 1 aromatic carbocycles. The van der Waals surface area contributed by atoms with E-state index in [1.165, 1.54) is 0 Å². The van der Waals surface area contributed by atoms with Gasteiger partial charge in [-0.3, -0.25) is 9.59 Å². The van der Waals surface area contributed by atoms with Crippen LogP contribution in [0.1, 0.15) is 56.9 Å². The third-order valence-corrected chi connectivity index (χ3v) is 3.47. The average Bonchev–Trinajstić information content (AvgIpc) is 2.45. The molecule has 3 N–H and O–H groups in total. The smallest absolute Gasteiger partial charge is 0.303 e. The molecule has 0 saturated heterocycles. The van der Waals surface area contributed by atoms with Crippen LogP contribution in [0.5, 0.6) is 5.75 Å². The van der Waals surface area contributed by atoms with Crippen molar-refractivity contribution in [2.24, 2.45) is 0 Å². The first-order chi connectivity index (χ1) is 10.5. The topological polar surface area (TPSA) is 86.6 Å². The Kier molecular flexibility index (Phi) is 8.04.